The smallest absolute Gasteiger partial charge is 0.257 e. The third kappa shape index (κ3) is 4.48. The second kappa shape index (κ2) is 8.64. The number of hydrogen-bond acceptors (Lipinski definition) is 5. The number of aromatic nitrogens is 4. The Morgan fingerprint density at radius 2 is 1.79 bits per heavy atom. The van der Waals surface area contributed by atoms with Crippen molar-refractivity contribution in [1.29, 1.82) is 0 Å². The van der Waals surface area contributed by atoms with Gasteiger partial charge in [-0.25, -0.2) is 0 Å². The lowest BCUT2D eigenvalue weighted by Gasteiger charge is -2.35. The molecule has 8 heteroatoms. The van der Waals surface area contributed by atoms with Crippen molar-refractivity contribution < 1.29 is 9.59 Å². The molecule has 1 aliphatic rings. The molecule has 3 aromatic heterocycles. The molecule has 29 heavy (non-hydrogen) atoms. The summed E-state index contributed by atoms with van der Waals surface area (Å²) >= 11 is 0. The van der Waals surface area contributed by atoms with Crippen LogP contribution >= 0.6 is 0 Å². The zero-order valence-corrected chi connectivity index (χ0v) is 15.9. The Bertz CT molecular complexity index is 973. The normalized spacial score (nSPS) is 16.4. The lowest BCUT2D eigenvalue weighted by Crippen LogP contribution is -2.46. The van der Waals surface area contributed by atoms with Crippen LogP contribution in [0.4, 0.5) is 5.69 Å². The average Bonchev–Trinajstić information content (AvgIpc) is 3.21. The van der Waals surface area contributed by atoms with E-state index in [0.717, 1.165) is 25.8 Å². The van der Waals surface area contributed by atoms with Crippen molar-refractivity contribution in [2.24, 2.45) is 0 Å². The summed E-state index contributed by atoms with van der Waals surface area (Å²) in [4.78, 5) is 35.1. The first-order valence-electron chi connectivity index (χ1n) is 9.65. The molecule has 4 rings (SSSR count). The predicted octanol–water partition coefficient (Wildman–Crippen LogP) is 2.62. The molecule has 3 aromatic rings. The van der Waals surface area contributed by atoms with Gasteiger partial charge in [0.15, 0.2) is 0 Å². The molecule has 1 unspecified atom stereocenters. The highest BCUT2D eigenvalue weighted by molar-refractivity contribution is 6.03. The van der Waals surface area contributed by atoms with E-state index >= 15 is 0 Å². The maximum absolute atomic E-state index is 12.9. The molecular weight excluding hydrogens is 368 g/mol. The summed E-state index contributed by atoms with van der Waals surface area (Å²) in [6.45, 7) is 1.30. The van der Waals surface area contributed by atoms with Gasteiger partial charge in [-0.3, -0.25) is 24.2 Å². The molecule has 0 bridgehead atoms. The lowest BCUT2D eigenvalue weighted by atomic mass is 10.0. The number of anilines is 1. The van der Waals surface area contributed by atoms with Gasteiger partial charge in [-0.1, -0.05) is 0 Å². The summed E-state index contributed by atoms with van der Waals surface area (Å²) in [6.07, 6.45) is 12.8. The number of nitrogens with zero attached hydrogens (tertiary/aromatic N) is 5. The number of pyridine rings is 2. The Morgan fingerprint density at radius 3 is 2.52 bits per heavy atom. The van der Waals surface area contributed by atoms with Gasteiger partial charge in [0.25, 0.3) is 11.8 Å². The summed E-state index contributed by atoms with van der Waals surface area (Å²) in [7, 11) is 0. The van der Waals surface area contributed by atoms with Crippen molar-refractivity contribution in [2.75, 3.05) is 11.9 Å². The third-order valence-electron chi connectivity index (χ3n) is 5.01. The fraction of sp³-hybridized carbons (Fsp3) is 0.286. The molecule has 1 aliphatic heterocycles. The van der Waals surface area contributed by atoms with Crippen LogP contribution in [-0.2, 0) is 6.54 Å². The number of carbonyl (C=O) groups is 2. The van der Waals surface area contributed by atoms with Crippen LogP contribution in [0.2, 0.25) is 0 Å². The van der Waals surface area contributed by atoms with Crippen LogP contribution in [0.15, 0.2) is 61.4 Å². The number of amides is 2. The number of rotatable bonds is 5. The highest BCUT2D eigenvalue weighted by Crippen LogP contribution is 2.21. The van der Waals surface area contributed by atoms with Crippen LogP contribution in [0.3, 0.4) is 0 Å². The van der Waals surface area contributed by atoms with E-state index in [1.165, 1.54) is 6.20 Å². The highest BCUT2D eigenvalue weighted by atomic mass is 16.2. The molecule has 4 heterocycles. The maximum atomic E-state index is 12.9. The second-order valence-electron chi connectivity index (χ2n) is 7.04. The minimum atomic E-state index is -0.233. The zero-order valence-electron chi connectivity index (χ0n) is 15.9. The molecular formula is C21H22N6O2. The summed E-state index contributed by atoms with van der Waals surface area (Å²) in [5.74, 6) is -0.233. The van der Waals surface area contributed by atoms with Crippen molar-refractivity contribution in [3.63, 3.8) is 0 Å². The number of hydrogen-bond donors (Lipinski definition) is 1. The van der Waals surface area contributed by atoms with Crippen molar-refractivity contribution in [3.8, 4) is 0 Å². The molecule has 1 N–H and O–H groups in total. The Balaban J connectivity index is 1.43. The number of piperidine rings is 1. The fourth-order valence-corrected chi connectivity index (χ4v) is 3.56. The first-order valence-corrected chi connectivity index (χ1v) is 9.65. The van der Waals surface area contributed by atoms with Gasteiger partial charge in [0, 0.05) is 37.5 Å². The van der Waals surface area contributed by atoms with Crippen LogP contribution in [0.5, 0.6) is 0 Å². The van der Waals surface area contributed by atoms with E-state index in [1.54, 1.807) is 59.9 Å². The molecule has 0 saturated carbocycles. The quantitative estimate of drug-likeness (QED) is 0.723. The summed E-state index contributed by atoms with van der Waals surface area (Å²) < 4.78 is 1.78. The second-order valence-corrected chi connectivity index (χ2v) is 7.04. The van der Waals surface area contributed by atoms with Gasteiger partial charge in [-0.2, -0.15) is 5.10 Å². The van der Waals surface area contributed by atoms with Crippen LogP contribution in [-0.4, -0.2) is 49.0 Å². The molecule has 0 aliphatic carbocycles. The van der Waals surface area contributed by atoms with E-state index in [1.807, 2.05) is 4.90 Å². The van der Waals surface area contributed by atoms with E-state index in [4.69, 9.17) is 0 Å². The van der Waals surface area contributed by atoms with Crippen molar-refractivity contribution in [1.82, 2.24) is 24.6 Å². The topological polar surface area (TPSA) is 93.0 Å². The number of carbonyl (C=O) groups excluding carboxylic acids is 2. The predicted molar refractivity (Wildman–Crippen MR) is 107 cm³/mol. The molecule has 0 radical (unpaired) electrons. The van der Waals surface area contributed by atoms with Crippen LogP contribution in [0.25, 0.3) is 0 Å². The van der Waals surface area contributed by atoms with E-state index < -0.39 is 0 Å². The first kappa shape index (κ1) is 18.8. The maximum Gasteiger partial charge on any atom is 0.257 e. The average molecular weight is 390 g/mol. The molecule has 0 spiro atoms. The Labute approximate surface area is 168 Å². The van der Waals surface area contributed by atoms with Crippen LogP contribution in [0, 0.1) is 0 Å². The summed E-state index contributed by atoms with van der Waals surface area (Å²) in [5, 5.41) is 7.18. The third-order valence-corrected chi connectivity index (χ3v) is 5.01. The monoisotopic (exact) mass is 390 g/mol. The largest absolute Gasteiger partial charge is 0.334 e. The molecule has 1 fully saturated rings. The number of likely N-dealkylation sites (tertiary alicyclic amines) is 1. The van der Waals surface area contributed by atoms with Crippen LogP contribution < -0.4 is 5.32 Å². The first-order chi connectivity index (χ1) is 14.2. The van der Waals surface area contributed by atoms with E-state index in [0.29, 0.717) is 23.4 Å². The van der Waals surface area contributed by atoms with Gasteiger partial charge < -0.3 is 10.2 Å². The molecule has 8 nitrogen and oxygen atoms in total. The SMILES string of the molecule is O=C(Nc1cnn(CC2CCCCN2C(=O)c2cccnc2)c1)c1cccnc1. The lowest BCUT2D eigenvalue weighted by molar-refractivity contribution is 0.0583. The van der Waals surface area contributed by atoms with Crippen LogP contribution in [0.1, 0.15) is 40.0 Å². The Kier molecular flexibility index (Phi) is 5.60. The van der Waals surface area contributed by atoms with E-state index in [-0.39, 0.29) is 17.9 Å². The minimum Gasteiger partial charge on any atom is -0.334 e. The Hall–Kier alpha value is -3.55. The van der Waals surface area contributed by atoms with E-state index in [9.17, 15) is 9.59 Å². The van der Waals surface area contributed by atoms with E-state index in [2.05, 4.69) is 20.4 Å². The Morgan fingerprint density at radius 1 is 1.03 bits per heavy atom. The van der Waals surface area contributed by atoms with Gasteiger partial charge in [-0.15, -0.1) is 0 Å². The molecule has 1 saturated heterocycles. The van der Waals surface area contributed by atoms with Crippen molar-refractivity contribution in [2.45, 2.75) is 31.8 Å². The fourth-order valence-electron chi connectivity index (χ4n) is 3.56. The van der Waals surface area contributed by atoms with Gasteiger partial charge in [-0.05, 0) is 43.5 Å². The molecule has 0 aromatic carbocycles. The zero-order chi connectivity index (χ0) is 20.1. The molecule has 1 atom stereocenters. The highest BCUT2D eigenvalue weighted by Gasteiger charge is 2.28. The van der Waals surface area contributed by atoms with Gasteiger partial charge in [0.05, 0.1) is 35.6 Å². The van der Waals surface area contributed by atoms with Crippen molar-refractivity contribution >= 4 is 17.5 Å². The molecule has 148 valence electrons. The number of nitrogens with one attached hydrogen (secondary N) is 1. The van der Waals surface area contributed by atoms with Gasteiger partial charge in [0.1, 0.15) is 0 Å². The van der Waals surface area contributed by atoms with Crippen molar-refractivity contribution in [3.05, 3.63) is 72.6 Å². The summed E-state index contributed by atoms with van der Waals surface area (Å²) in [6, 6.07) is 7.04. The minimum absolute atomic E-state index is 0.0000555. The van der Waals surface area contributed by atoms with Gasteiger partial charge in [0.2, 0.25) is 0 Å². The standard InChI is InChI=1S/C21H22N6O2/c28-20(16-5-3-8-22-11-16)25-18-13-24-26(14-18)15-19-7-1-2-10-27(19)21(29)17-6-4-9-23-12-17/h3-6,8-9,11-14,19H,1-2,7,10,15H2,(H,25,28). The van der Waals surface area contributed by atoms with Gasteiger partial charge >= 0.3 is 0 Å². The molecule has 2 amide bonds. The summed E-state index contributed by atoms with van der Waals surface area (Å²) in [5.41, 5.74) is 1.70.